The van der Waals surface area contributed by atoms with Crippen molar-refractivity contribution in [3.8, 4) is 11.5 Å². The number of benzene rings is 1. The van der Waals surface area contributed by atoms with Gasteiger partial charge in [0.25, 0.3) is 0 Å². The van der Waals surface area contributed by atoms with Gasteiger partial charge in [-0.2, -0.15) is 0 Å². The molecule has 1 aliphatic carbocycles. The fourth-order valence-corrected chi connectivity index (χ4v) is 8.87. The number of carbonyl (C=O) groups excluding carboxylic acids is 1. The van der Waals surface area contributed by atoms with Crippen molar-refractivity contribution in [3.05, 3.63) is 29.3 Å². The van der Waals surface area contributed by atoms with Crippen LogP contribution >= 0.6 is 11.6 Å². The van der Waals surface area contributed by atoms with Crippen LogP contribution in [0.1, 0.15) is 24.8 Å². The van der Waals surface area contributed by atoms with Crippen LogP contribution in [0, 0.1) is 11.8 Å². The average Bonchev–Trinajstić information content (AvgIpc) is 3.22. The van der Waals surface area contributed by atoms with E-state index in [0.29, 0.717) is 42.7 Å². The van der Waals surface area contributed by atoms with E-state index in [-0.39, 0.29) is 23.5 Å². The first kappa shape index (κ1) is 18.8. The standard InChI is InChI=1S/C24H28ClN2O4/c1-29-17-8-15-16(9-18(17)30-2)26-21(28)10-19-22-14-7-20-24(15,23(22)26)4-5-27(20,12-25)11-13(14)3-6-31-19/h3,8-9,14,19-20,22-23H,4-7,10-12H2,1-2H3/q+1/t14?,19?,20?,22-,23-,24+,27?/m0/s1. The molecule has 1 spiro atoms. The molecule has 1 aromatic carbocycles. The van der Waals surface area contributed by atoms with E-state index in [0.717, 1.165) is 41.9 Å². The van der Waals surface area contributed by atoms with E-state index in [2.05, 4.69) is 17.0 Å². The smallest absolute Gasteiger partial charge is 0.229 e. The normalized spacial score (nSPS) is 43.3. The van der Waals surface area contributed by atoms with Crippen molar-refractivity contribution >= 4 is 23.2 Å². The Bertz CT molecular complexity index is 1040. The van der Waals surface area contributed by atoms with Gasteiger partial charge in [-0.25, -0.2) is 0 Å². The zero-order valence-electron chi connectivity index (χ0n) is 18.0. The van der Waals surface area contributed by atoms with E-state index >= 15 is 0 Å². The molecular weight excluding hydrogens is 416 g/mol. The molecule has 5 heterocycles. The topological polar surface area (TPSA) is 48.0 Å². The second kappa shape index (κ2) is 5.97. The Hall–Kier alpha value is -1.76. The molecule has 6 nitrogen and oxygen atoms in total. The average molecular weight is 444 g/mol. The van der Waals surface area contributed by atoms with Crippen molar-refractivity contribution in [2.24, 2.45) is 11.8 Å². The molecule has 1 amide bonds. The number of amides is 1. The number of hydrogen-bond donors (Lipinski definition) is 0. The van der Waals surface area contributed by atoms with Crippen LogP contribution in [-0.4, -0.2) is 68.5 Å². The van der Waals surface area contributed by atoms with Crippen molar-refractivity contribution in [2.75, 3.05) is 44.8 Å². The number of rotatable bonds is 3. The van der Waals surface area contributed by atoms with Gasteiger partial charge in [-0.15, -0.1) is 0 Å². The van der Waals surface area contributed by atoms with Gasteiger partial charge in [0.2, 0.25) is 5.91 Å². The Balaban J connectivity index is 1.54. The summed E-state index contributed by atoms with van der Waals surface area (Å²) in [7, 11) is 3.35. The fraction of sp³-hybridized carbons (Fsp3) is 0.625. The van der Waals surface area contributed by atoms with E-state index < -0.39 is 0 Å². The molecule has 5 aliphatic heterocycles. The number of quaternary nitrogens is 1. The molecular formula is C24H28ClN2O4+. The van der Waals surface area contributed by atoms with Gasteiger partial charge >= 0.3 is 0 Å². The van der Waals surface area contributed by atoms with Crippen molar-refractivity contribution in [1.82, 2.24) is 0 Å². The molecule has 164 valence electrons. The molecule has 3 saturated heterocycles. The number of methoxy groups -OCH3 is 2. The maximum Gasteiger partial charge on any atom is 0.229 e. The van der Waals surface area contributed by atoms with Gasteiger partial charge in [0.05, 0.1) is 57.0 Å². The number of fused-ring (bicyclic) bond motifs is 2. The van der Waals surface area contributed by atoms with Gasteiger partial charge in [-0.05, 0) is 23.1 Å². The monoisotopic (exact) mass is 443 g/mol. The molecule has 0 N–H and O–H groups in total. The lowest BCUT2D eigenvalue weighted by atomic mass is 9.53. The molecule has 4 fully saturated rings. The van der Waals surface area contributed by atoms with Crippen molar-refractivity contribution in [1.29, 1.82) is 0 Å². The summed E-state index contributed by atoms with van der Waals surface area (Å²) in [6.07, 6.45) is 4.95. The maximum absolute atomic E-state index is 13.6. The van der Waals surface area contributed by atoms with E-state index in [1.54, 1.807) is 14.2 Å². The summed E-state index contributed by atoms with van der Waals surface area (Å²) in [6.45, 7) is 2.70. The number of alkyl halides is 1. The second-order valence-corrected chi connectivity index (χ2v) is 10.5. The summed E-state index contributed by atoms with van der Waals surface area (Å²) in [4.78, 5) is 15.7. The quantitative estimate of drug-likeness (QED) is 0.312. The molecule has 6 aliphatic rings. The lowest BCUT2D eigenvalue weighted by Crippen LogP contribution is -2.72. The van der Waals surface area contributed by atoms with Crippen molar-refractivity contribution < 1.29 is 23.5 Å². The Morgan fingerprint density at radius 1 is 1.29 bits per heavy atom. The van der Waals surface area contributed by atoms with E-state index in [9.17, 15) is 4.79 Å². The van der Waals surface area contributed by atoms with Gasteiger partial charge < -0.3 is 23.6 Å². The molecule has 31 heavy (non-hydrogen) atoms. The summed E-state index contributed by atoms with van der Waals surface area (Å²) in [5.41, 5.74) is 3.69. The van der Waals surface area contributed by atoms with Crippen LogP contribution in [0.2, 0.25) is 0 Å². The van der Waals surface area contributed by atoms with Gasteiger partial charge in [-0.1, -0.05) is 17.7 Å². The number of carbonyl (C=O) groups is 1. The molecule has 1 saturated carbocycles. The molecule has 2 bridgehead atoms. The van der Waals surface area contributed by atoms with E-state index in [1.165, 1.54) is 11.1 Å². The number of anilines is 1. The Labute approximate surface area is 187 Å². The Kier molecular flexibility index (Phi) is 3.62. The minimum absolute atomic E-state index is 0.0000277. The fourth-order valence-electron chi connectivity index (χ4n) is 8.50. The summed E-state index contributed by atoms with van der Waals surface area (Å²) >= 11 is 6.74. The third-order valence-corrected chi connectivity index (χ3v) is 10.0. The highest BCUT2D eigenvalue weighted by Gasteiger charge is 2.76. The molecule has 7 atom stereocenters. The maximum atomic E-state index is 13.6. The Morgan fingerprint density at radius 3 is 2.87 bits per heavy atom. The number of hydrogen-bond acceptors (Lipinski definition) is 4. The molecule has 7 heteroatoms. The molecule has 1 aromatic rings. The van der Waals surface area contributed by atoms with Gasteiger partial charge in [0, 0.05) is 24.8 Å². The van der Waals surface area contributed by atoms with Crippen LogP contribution in [0.25, 0.3) is 0 Å². The SMILES string of the molecule is COc1cc2c(cc1OC)[C@@]13CC[N+]4(CCl)CC5=CCOC6CC(=O)N2[C@H]1[C@H]6C5CC34. The summed E-state index contributed by atoms with van der Waals surface area (Å²) in [6, 6.07) is 5.35. The van der Waals surface area contributed by atoms with Crippen molar-refractivity contribution in [3.63, 3.8) is 0 Å². The highest BCUT2D eigenvalue weighted by Crippen LogP contribution is 2.68. The minimum Gasteiger partial charge on any atom is -0.493 e. The van der Waals surface area contributed by atoms with Crippen LogP contribution < -0.4 is 14.4 Å². The van der Waals surface area contributed by atoms with E-state index in [4.69, 9.17) is 25.8 Å². The largest absolute Gasteiger partial charge is 0.493 e. The van der Waals surface area contributed by atoms with Gasteiger partial charge in [0.1, 0.15) is 12.6 Å². The highest BCUT2D eigenvalue weighted by molar-refractivity contribution is 6.17. The first-order valence-electron chi connectivity index (χ1n) is 11.4. The first-order chi connectivity index (χ1) is 15.1. The second-order valence-electron chi connectivity index (χ2n) is 10.2. The van der Waals surface area contributed by atoms with Crippen LogP contribution in [0.15, 0.2) is 23.8 Å². The third kappa shape index (κ3) is 1.97. The number of nitrogens with zero attached hydrogens (tertiary/aromatic N) is 2. The summed E-state index contributed by atoms with van der Waals surface area (Å²) in [5.74, 6) is 2.42. The highest BCUT2D eigenvalue weighted by atomic mass is 35.5. The summed E-state index contributed by atoms with van der Waals surface area (Å²) in [5, 5.41) is 0. The lowest BCUT2D eigenvalue weighted by molar-refractivity contribution is -0.933. The van der Waals surface area contributed by atoms with Crippen LogP contribution in [0.5, 0.6) is 11.5 Å². The van der Waals surface area contributed by atoms with Crippen molar-refractivity contribution in [2.45, 2.75) is 42.9 Å². The zero-order valence-corrected chi connectivity index (χ0v) is 18.7. The Morgan fingerprint density at radius 2 is 2.10 bits per heavy atom. The lowest BCUT2D eigenvalue weighted by Gasteiger charge is -2.60. The summed E-state index contributed by atoms with van der Waals surface area (Å²) < 4.78 is 18.6. The third-order valence-electron chi connectivity index (χ3n) is 9.54. The van der Waals surface area contributed by atoms with Crippen LogP contribution in [-0.2, 0) is 14.9 Å². The van der Waals surface area contributed by atoms with E-state index in [1.807, 2.05) is 6.07 Å². The zero-order chi connectivity index (χ0) is 21.1. The predicted molar refractivity (Wildman–Crippen MR) is 116 cm³/mol. The van der Waals surface area contributed by atoms with Crippen LogP contribution in [0.4, 0.5) is 5.69 Å². The number of piperidine rings is 2. The number of halogens is 1. The first-order valence-corrected chi connectivity index (χ1v) is 11.9. The molecule has 0 radical (unpaired) electrons. The number of ether oxygens (including phenoxy) is 3. The predicted octanol–water partition coefficient (Wildman–Crippen LogP) is 2.82. The molecule has 0 aromatic heterocycles. The molecule has 4 unspecified atom stereocenters. The van der Waals surface area contributed by atoms with Crippen LogP contribution in [0.3, 0.4) is 0 Å². The minimum atomic E-state index is -0.0987. The molecule has 7 rings (SSSR count). The van der Waals surface area contributed by atoms with Gasteiger partial charge in [-0.3, -0.25) is 4.79 Å². The van der Waals surface area contributed by atoms with Gasteiger partial charge in [0.15, 0.2) is 17.5 Å².